The van der Waals surface area contributed by atoms with Gasteiger partial charge in [0.05, 0.1) is 33.6 Å². The third-order valence-corrected chi connectivity index (χ3v) is 5.26. The van der Waals surface area contributed by atoms with Gasteiger partial charge < -0.3 is 10.3 Å². The van der Waals surface area contributed by atoms with Crippen LogP contribution >= 0.6 is 11.6 Å². The molecule has 0 fully saturated rings. The Labute approximate surface area is 175 Å². The van der Waals surface area contributed by atoms with Crippen LogP contribution in [0.3, 0.4) is 0 Å². The number of hydrogen-bond acceptors (Lipinski definition) is 5. The molecule has 144 valence electrons. The second-order valence-electron chi connectivity index (χ2n) is 6.83. The summed E-state index contributed by atoms with van der Waals surface area (Å²) in [6.07, 6.45) is 1.51. The number of nitrogens with one attached hydrogen (secondary N) is 2. The first-order chi connectivity index (χ1) is 14.5. The predicted octanol–water partition coefficient (Wildman–Crippen LogP) is 3.42. The Bertz CT molecular complexity index is 1470. The molecule has 0 saturated heterocycles. The number of rotatable bonds is 2. The first kappa shape index (κ1) is 18.0. The fourth-order valence-electron chi connectivity index (χ4n) is 3.58. The molecular weight excluding hydrogens is 402 g/mol. The van der Waals surface area contributed by atoms with Crippen LogP contribution in [-0.2, 0) is 6.54 Å². The number of H-pyrrole nitrogens is 1. The fraction of sp³-hybridized carbons (Fsp3) is 0.0455. The third-order valence-electron chi connectivity index (χ3n) is 4.96. The lowest BCUT2D eigenvalue weighted by atomic mass is 9.99. The number of benzene rings is 2. The number of aromatic amines is 1. The summed E-state index contributed by atoms with van der Waals surface area (Å²) in [5.41, 5.74) is 4.18. The summed E-state index contributed by atoms with van der Waals surface area (Å²) in [5, 5.41) is 12.3. The van der Waals surface area contributed by atoms with Gasteiger partial charge in [-0.25, -0.2) is 9.97 Å². The molecule has 1 aliphatic rings. The monoisotopic (exact) mass is 413 g/mol. The van der Waals surface area contributed by atoms with Crippen LogP contribution in [0.1, 0.15) is 21.5 Å². The van der Waals surface area contributed by atoms with Crippen LogP contribution in [0.15, 0.2) is 53.5 Å². The molecule has 7 nitrogen and oxygen atoms in total. The molecule has 0 radical (unpaired) electrons. The van der Waals surface area contributed by atoms with E-state index in [1.807, 2.05) is 12.1 Å². The quantitative estimate of drug-likeness (QED) is 0.523. The van der Waals surface area contributed by atoms with Crippen molar-refractivity contribution < 1.29 is 4.79 Å². The molecule has 0 aliphatic carbocycles. The van der Waals surface area contributed by atoms with E-state index in [1.165, 1.54) is 12.3 Å². The van der Waals surface area contributed by atoms with Gasteiger partial charge in [0.15, 0.2) is 11.2 Å². The lowest BCUT2D eigenvalue weighted by Gasteiger charge is -2.12. The Morgan fingerprint density at radius 3 is 2.70 bits per heavy atom. The van der Waals surface area contributed by atoms with Crippen molar-refractivity contribution in [2.24, 2.45) is 0 Å². The number of amides is 1. The van der Waals surface area contributed by atoms with Gasteiger partial charge >= 0.3 is 0 Å². The van der Waals surface area contributed by atoms with Crippen molar-refractivity contribution in [2.75, 3.05) is 0 Å². The minimum absolute atomic E-state index is 0.193. The van der Waals surface area contributed by atoms with Gasteiger partial charge in [0, 0.05) is 29.9 Å². The van der Waals surface area contributed by atoms with Crippen LogP contribution in [0.25, 0.3) is 33.7 Å². The molecule has 30 heavy (non-hydrogen) atoms. The maximum absolute atomic E-state index is 12.4. The van der Waals surface area contributed by atoms with Crippen molar-refractivity contribution in [3.8, 4) is 28.6 Å². The van der Waals surface area contributed by atoms with Crippen molar-refractivity contribution >= 4 is 28.7 Å². The van der Waals surface area contributed by atoms with Crippen LogP contribution in [0, 0.1) is 11.3 Å². The van der Waals surface area contributed by atoms with Gasteiger partial charge in [0.2, 0.25) is 5.43 Å². The second-order valence-corrected chi connectivity index (χ2v) is 7.23. The van der Waals surface area contributed by atoms with Crippen molar-refractivity contribution in [3.63, 3.8) is 0 Å². The standard InChI is InChI=1S/C22H12ClN5O2/c23-15-8-13(7-14-10-26-22(30)17(14)15)19-18(12-3-1-2-11(6-12)9-24)28-21-20(27-19)16(29)4-5-25-21/h1-8H,10H2,(H,26,30)(H,25,28,29). The van der Waals surface area contributed by atoms with Gasteiger partial charge in [0.25, 0.3) is 5.91 Å². The Morgan fingerprint density at radius 2 is 1.87 bits per heavy atom. The topological polar surface area (TPSA) is 112 Å². The van der Waals surface area contributed by atoms with Crippen LogP contribution in [0.4, 0.5) is 0 Å². The number of carbonyl (C=O) groups excluding carboxylic acids is 1. The average molecular weight is 414 g/mol. The summed E-state index contributed by atoms with van der Waals surface area (Å²) in [4.78, 5) is 36.6. The Hall–Kier alpha value is -4.02. The van der Waals surface area contributed by atoms with Crippen LogP contribution in [-0.4, -0.2) is 20.9 Å². The molecule has 0 spiro atoms. The molecule has 0 saturated carbocycles. The molecule has 3 heterocycles. The number of pyridine rings is 1. The number of fused-ring (bicyclic) bond motifs is 2. The Balaban J connectivity index is 1.84. The van der Waals surface area contributed by atoms with E-state index in [9.17, 15) is 14.9 Å². The van der Waals surface area contributed by atoms with E-state index in [0.29, 0.717) is 50.9 Å². The Kier molecular flexibility index (Phi) is 4.09. The van der Waals surface area contributed by atoms with Crippen LogP contribution in [0.5, 0.6) is 0 Å². The molecule has 1 aliphatic heterocycles. The maximum Gasteiger partial charge on any atom is 0.253 e. The van der Waals surface area contributed by atoms with Gasteiger partial charge in [-0.05, 0) is 29.8 Å². The molecule has 0 bridgehead atoms. The summed E-state index contributed by atoms with van der Waals surface area (Å²) < 4.78 is 0. The molecule has 1 amide bonds. The van der Waals surface area contributed by atoms with Crippen LogP contribution in [0.2, 0.25) is 5.02 Å². The molecule has 2 aromatic carbocycles. The van der Waals surface area contributed by atoms with Gasteiger partial charge in [-0.15, -0.1) is 0 Å². The molecular formula is C22H12ClN5O2. The first-order valence-corrected chi connectivity index (χ1v) is 9.44. The molecule has 2 aromatic heterocycles. The van der Waals surface area contributed by atoms with E-state index in [0.717, 1.165) is 5.56 Å². The molecule has 4 aromatic rings. The highest BCUT2D eigenvalue weighted by molar-refractivity contribution is 6.34. The van der Waals surface area contributed by atoms with Gasteiger partial charge in [-0.2, -0.15) is 5.26 Å². The highest BCUT2D eigenvalue weighted by Gasteiger charge is 2.25. The summed E-state index contributed by atoms with van der Waals surface area (Å²) in [6.45, 7) is 0.364. The number of nitriles is 1. The second kappa shape index (κ2) is 6.79. The van der Waals surface area contributed by atoms with Gasteiger partial charge in [-0.1, -0.05) is 23.7 Å². The largest absolute Gasteiger partial charge is 0.348 e. The van der Waals surface area contributed by atoms with E-state index in [1.54, 1.807) is 24.3 Å². The van der Waals surface area contributed by atoms with E-state index < -0.39 is 0 Å². The highest BCUT2D eigenvalue weighted by atomic mass is 35.5. The van der Waals surface area contributed by atoms with Crippen molar-refractivity contribution in [1.82, 2.24) is 20.3 Å². The number of carbonyl (C=O) groups is 1. The number of hydrogen-bond donors (Lipinski definition) is 2. The average Bonchev–Trinajstić information content (AvgIpc) is 3.14. The summed E-state index contributed by atoms with van der Waals surface area (Å²) in [6, 6.07) is 14.0. The fourth-order valence-corrected chi connectivity index (χ4v) is 3.90. The van der Waals surface area contributed by atoms with E-state index in [-0.39, 0.29) is 16.9 Å². The zero-order chi connectivity index (χ0) is 20.8. The molecule has 8 heteroatoms. The Morgan fingerprint density at radius 1 is 1.03 bits per heavy atom. The zero-order valence-corrected chi connectivity index (χ0v) is 16.1. The van der Waals surface area contributed by atoms with Crippen molar-refractivity contribution in [1.29, 1.82) is 5.26 Å². The minimum Gasteiger partial charge on any atom is -0.348 e. The predicted molar refractivity (Wildman–Crippen MR) is 112 cm³/mol. The van der Waals surface area contributed by atoms with E-state index >= 15 is 0 Å². The zero-order valence-electron chi connectivity index (χ0n) is 15.4. The smallest absolute Gasteiger partial charge is 0.253 e. The van der Waals surface area contributed by atoms with Crippen LogP contribution < -0.4 is 10.7 Å². The summed E-state index contributed by atoms with van der Waals surface area (Å²) >= 11 is 6.40. The maximum atomic E-state index is 12.4. The molecule has 0 atom stereocenters. The third kappa shape index (κ3) is 2.82. The van der Waals surface area contributed by atoms with Crippen molar-refractivity contribution in [3.05, 3.63) is 80.6 Å². The van der Waals surface area contributed by atoms with Crippen molar-refractivity contribution in [2.45, 2.75) is 6.54 Å². The molecule has 5 rings (SSSR count). The van der Waals surface area contributed by atoms with E-state index in [4.69, 9.17) is 11.6 Å². The summed E-state index contributed by atoms with van der Waals surface area (Å²) in [7, 11) is 0. The van der Waals surface area contributed by atoms with Gasteiger partial charge in [-0.3, -0.25) is 9.59 Å². The highest BCUT2D eigenvalue weighted by Crippen LogP contribution is 2.35. The number of halogens is 1. The first-order valence-electron chi connectivity index (χ1n) is 9.06. The minimum atomic E-state index is -0.265. The lowest BCUT2D eigenvalue weighted by molar-refractivity contribution is 0.0966. The van der Waals surface area contributed by atoms with E-state index in [2.05, 4.69) is 26.3 Å². The molecule has 0 unspecified atom stereocenters. The number of aromatic nitrogens is 3. The SMILES string of the molecule is N#Cc1cccc(-c2nc3[nH]ccc(=O)c3nc2-c2cc(Cl)c3c(c2)CNC3=O)c1. The molecule has 2 N–H and O–H groups in total. The number of nitrogens with zero attached hydrogens (tertiary/aromatic N) is 3. The van der Waals surface area contributed by atoms with Gasteiger partial charge in [0.1, 0.15) is 0 Å². The summed E-state index contributed by atoms with van der Waals surface area (Å²) in [5.74, 6) is -0.218. The normalized spacial score (nSPS) is 12.5. The lowest BCUT2D eigenvalue weighted by Crippen LogP contribution is -2.12.